The Morgan fingerprint density at radius 2 is 1.86 bits per heavy atom. The standard InChI is InChI=1S/C21H23Cl2N5/c22-15-2-1-3-16(23)18(15)27-20-26-17-10-13(12-25-19(17)28-20)11-24-14-4-6-21(7-5-14)8-9-21/h1-3,10,12,14,24H,4-9,11H2,(H2,25,26,27,28). The first kappa shape index (κ1) is 18.2. The number of halogens is 2. The van der Waals surface area contributed by atoms with Crippen molar-refractivity contribution in [3.05, 3.63) is 46.1 Å². The van der Waals surface area contributed by atoms with Crippen LogP contribution in [0.5, 0.6) is 0 Å². The molecule has 2 aliphatic rings. The Balaban J connectivity index is 1.26. The largest absolute Gasteiger partial charge is 0.323 e. The maximum atomic E-state index is 6.23. The van der Waals surface area contributed by atoms with Crippen molar-refractivity contribution < 1.29 is 0 Å². The van der Waals surface area contributed by atoms with Gasteiger partial charge in [-0.3, -0.25) is 0 Å². The van der Waals surface area contributed by atoms with Gasteiger partial charge in [-0.1, -0.05) is 29.3 Å². The summed E-state index contributed by atoms with van der Waals surface area (Å²) in [5.41, 5.74) is 4.10. The van der Waals surface area contributed by atoms with E-state index in [0.29, 0.717) is 33.4 Å². The van der Waals surface area contributed by atoms with Crippen molar-refractivity contribution in [1.29, 1.82) is 0 Å². The van der Waals surface area contributed by atoms with Gasteiger partial charge in [0.05, 0.1) is 21.2 Å². The quantitative estimate of drug-likeness (QED) is 0.490. The maximum Gasteiger partial charge on any atom is 0.207 e. The van der Waals surface area contributed by atoms with Crippen LogP contribution < -0.4 is 10.6 Å². The second kappa shape index (κ2) is 7.21. The summed E-state index contributed by atoms with van der Waals surface area (Å²) in [7, 11) is 0. The molecule has 0 bridgehead atoms. The van der Waals surface area contributed by atoms with Crippen LogP contribution >= 0.6 is 23.2 Å². The van der Waals surface area contributed by atoms with Gasteiger partial charge in [0.2, 0.25) is 5.95 Å². The monoisotopic (exact) mass is 415 g/mol. The third kappa shape index (κ3) is 3.71. The smallest absolute Gasteiger partial charge is 0.207 e. The van der Waals surface area contributed by atoms with Crippen LogP contribution in [0, 0.1) is 5.41 Å². The summed E-state index contributed by atoms with van der Waals surface area (Å²) in [5.74, 6) is 0.574. The van der Waals surface area contributed by atoms with Crippen LogP contribution in [0.3, 0.4) is 0 Å². The first-order chi connectivity index (χ1) is 13.6. The lowest BCUT2D eigenvalue weighted by Crippen LogP contribution is -2.33. The fourth-order valence-electron chi connectivity index (χ4n) is 4.21. The Bertz CT molecular complexity index is 981. The summed E-state index contributed by atoms with van der Waals surface area (Å²) >= 11 is 12.5. The number of anilines is 2. The van der Waals surface area contributed by atoms with Gasteiger partial charge >= 0.3 is 0 Å². The van der Waals surface area contributed by atoms with Gasteiger partial charge in [-0.2, -0.15) is 4.98 Å². The molecular weight excluding hydrogens is 393 g/mol. The predicted molar refractivity (Wildman–Crippen MR) is 114 cm³/mol. The lowest BCUT2D eigenvalue weighted by molar-refractivity contribution is 0.273. The number of para-hydroxylation sites is 1. The first-order valence-electron chi connectivity index (χ1n) is 9.89. The average molecular weight is 416 g/mol. The van der Waals surface area contributed by atoms with Gasteiger partial charge in [-0.05, 0) is 67.7 Å². The van der Waals surface area contributed by atoms with Crippen LogP contribution in [0.1, 0.15) is 44.1 Å². The lowest BCUT2D eigenvalue weighted by atomic mass is 9.83. The van der Waals surface area contributed by atoms with E-state index in [1.807, 2.05) is 12.3 Å². The second-order valence-corrected chi connectivity index (χ2v) is 8.99. The van der Waals surface area contributed by atoms with E-state index < -0.39 is 0 Å². The molecular formula is C21H23Cl2N5. The number of fused-ring (bicyclic) bond motifs is 1. The Labute approximate surface area is 174 Å². The number of aromatic amines is 1. The fourth-order valence-corrected chi connectivity index (χ4v) is 4.70. The number of benzene rings is 1. The van der Waals surface area contributed by atoms with Crippen molar-refractivity contribution in [2.24, 2.45) is 5.41 Å². The van der Waals surface area contributed by atoms with Gasteiger partial charge in [0, 0.05) is 18.8 Å². The molecule has 2 aromatic heterocycles. The third-order valence-electron chi connectivity index (χ3n) is 6.20. The zero-order chi connectivity index (χ0) is 19.1. The molecule has 3 aromatic rings. The minimum Gasteiger partial charge on any atom is -0.323 e. The van der Waals surface area contributed by atoms with Crippen molar-refractivity contribution in [2.75, 3.05) is 5.32 Å². The van der Waals surface area contributed by atoms with Gasteiger partial charge in [0.1, 0.15) is 0 Å². The topological polar surface area (TPSA) is 65.6 Å². The number of nitrogens with zero attached hydrogens (tertiary/aromatic N) is 2. The number of pyridine rings is 1. The highest BCUT2D eigenvalue weighted by atomic mass is 35.5. The van der Waals surface area contributed by atoms with E-state index >= 15 is 0 Å². The van der Waals surface area contributed by atoms with Gasteiger partial charge in [0.15, 0.2) is 5.65 Å². The van der Waals surface area contributed by atoms with E-state index in [4.69, 9.17) is 23.2 Å². The Morgan fingerprint density at radius 3 is 2.57 bits per heavy atom. The summed E-state index contributed by atoms with van der Waals surface area (Å²) in [6.45, 7) is 0.832. The molecule has 0 unspecified atom stereocenters. The average Bonchev–Trinajstić information content (AvgIpc) is 3.32. The zero-order valence-corrected chi connectivity index (χ0v) is 17.1. The molecule has 5 rings (SSSR count). The molecule has 1 spiro atoms. The zero-order valence-electron chi connectivity index (χ0n) is 15.6. The Morgan fingerprint density at radius 1 is 1.11 bits per heavy atom. The molecule has 7 heteroatoms. The van der Waals surface area contributed by atoms with Crippen LogP contribution in [-0.2, 0) is 6.54 Å². The van der Waals surface area contributed by atoms with Crippen LogP contribution in [0.25, 0.3) is 11.2 Å². The van der Waals surface area contributed by atoms with Crippen LogP contribution in [-0.4, -0.2) is 21.0 Å². The van der Waals surface area contributed by atoms with Gasteiger partial charge < -0.3 is 15.6 Å². The molecule has 2 saturated carbocycles. The van der Waals surface area contributed by atoms with Gasteiger partial charge in [0.25, 0.3) is 0 Å². The normalized spacial score (nSPS) is 18.6. The third-order valence-corrected chi connectivity index (χ3v) is 6.83. The first-order valence-corrected chi connectivity index (χ1v) is 10.6. The molecule has 3 N–H and O–H groups in total. The molecule has 28 heavy (non-hydrogen) atoms. The van der Waals surface area contributed by atoms with E-state index in [9.17, 15) is 0 Å². The van der Waals surface area contributed by atoms with E-state index in [2.05, 4.69) is 31.7 Å². The highest BCUT2D eigenvalue weighted by Gasteiger charge is 2.44. The van der Waals surface area contributed by atoms with E-state index in [1.165, 1.54) is 38.5 Å². The van der Waals surface area contributed by atoms with Crippen molar-refractivity contribution in [1.82, 2.24) is 20.3 Å². The number of hydrogen-bond acceptors (Lipinski definition) is 4. The minimum atomic E-state index is 0.547. The van der Waals surface area contributed by atoms with Crippen molar-refractivity contribution >= 4 is 46.0 Å². The molecule has 2 heterocycles. The summed E-state index contributed by atoms with van der Waals surface area (Å²) in [6, 6.07) is 8.12. The van der Waals surface area contributed by atoms with Crippen LogP contribution in [0.2, 0.25) is 10.0 Å². The second-order valence-electron chi connectivity index (χ2n) is 8.18. The molecule has 0 atom stereocenters. The molecule has 2 fully saturated rings. The van der Waals surface area contributed by atoms with E-state index in [0.717, 1.165) is 23.0 Å². The summed E-state index contributed by atoms with van der Waals surface area (Å²) in [4.78, 5) is 12.3. The number of H-pyrrole nitrogens is 1. The summed E-state index contributed by atoms with van der Waals surface area (Å²) < 4.78 is 0. The molecule has 0 aliphatic heterocycles. The summed E-state index contributed by atoms with van der Waals surface area (Å²) in [6.07, 6.45) is 10.2. The fraction of sp³-hybridized carbons (Fsp3) is 0.429. The van der Waals surface area contributed by atoms with Crippen molar-refractivity contribution in [3.63, 3.8) is 0 Å². The predicted octanol–water partition coefficient (Wildman–Crippen LogP) is 5.82. The van der Waals surface area contributed by atoms with Crippen LogP contribution in [0.4, 0.5) is 11.6 Å². The van der Waals surface area contributed by atoms with Crippen molar-refractivity contribution in [2.45, 2.75) is 51.1 Å². The number of imidazole rings is 1. The molecule has 146 valence electrons. The number of hydrogen-bond donors (Lipinski definition) is 3. The number of rotatable bonds is 5. The lowest BCUT2D eigenvalue weighted by Gasteiger charge is -2.29. The highest BCUT2D eigenvalue weighted by molar-refractivity contribution is 6.39. The van der Waals surface area contributed by atoms with Crippen molar-refractivity contribution in [3.8, 4) is 0 Å². The molecule has 0 radical (unpaired) electrons. The number of aromatic nitrogens is 3. The Hall–Kier alpha value is -1.82. The number of nitrogens with one attached hydrogen (secondary N) is 3. The molecule has 1 aromatic carbocycles. The summed E-state index contributed by atoms with van der Waals surface area (Å²) in [5, 5.41) is 7.96. The highest BCUT2D eigenvalue weighted by Crippen LogP contribution is 2.56. The van der Waals surface area contributed by atoms with E-state index in [-0.39, 0.29) is 0 Å². The van der Waals surface area contributed by atoms with Crippen LogP contribution in [0.15, 0.2) is 30.5 Å². The molecule has 0 saturated heterocycles. The van der Waals surface area contributed by atoms with E-state index in [1.54, 1.807) is 12.1 Å². The Kier molecular flexibility index (Phi) is 4.69. The van der Waals surface area contributed by atoms with Gasteiger partial charge in [-0.15, -0.1) is 0 Å². The maximum absolute atomic E-state index is 6.23. The molecule has 2 aliphatic carbocycles. The van der Waals surface area contributed by atoms with Gasteiger partial charge in [-0.25, -0.2) is 4.98 Å². The minimum absolute atomic E-state index is 0.547. The molecule has 5 nitrogen and oxygen atoms in total. The SMILES string of the molecule is Clc1cccc(Cl)c1Nc1nc2ncc(CNC3CCC4(CC3)CC4)cc2[nH]1. The molecule has 0 amide bonds.